The van der Waals surface area contributed by atoms with Crippen LogP contribution in [0.2, 0.25) is 0 Å². The van der Waals surface area contributed by atoms with Crippen LogP contribution < -0.4 is 5.32 Å². The summed E-state index contributed by atoms with van der Waals surface area (Å²) < 4.78 is 5.50. The number of aliphatic hydroxyl groups excluding tert-OH is 2. The molecule has 0 aliphatic carbocycles. The van der Waals surface area contributed by atoms with Crippen molar-refractivity contribution in [3.8, 4) is 0 Å². The first-order valence-corrected chi connectivity index (χ1v) is 36.4. The van der Waals surface area contributed by atoms with E-state index in [2.05, 4.69) is 31.3 Å². The lowest BCUT2D eigenvalue weighted by atomic mass is 10.0. The zero-order valence-electron chi connectivity index (χ0n) is 53.9. The third-order valence-electron chi connectivity index (χ3n) is 17.3. The highest BCUT2D eigenvalue weighted by Gasteiger charge is 2.20. The predicted octanol–water partition coefficient (Wildman–Crippen LogP) is 23.5. The zero-order chi connectivity index (χ0) is 57.1. The number of amides is 1. The summed E-state index contributed by atoms with van der Waals surface area (Å²) in [6, 6.07) is -0.535. The van der Waals surface area contributed by atoms with Gasteiger partial charge in [-0.3, -0.25) is 9.59 Å². The first-order valence-electron chi connectivity index (χ1n) is 36.4. The first kappa shape index (κ1) is 77.6. The monoisotopic (exact) mass is 1110 g/mol. The van der Waals surface area contributed by atoms with E-state index < -0.39 is 12.1 Å². The van der Waals surface area contributed by atoms with Crippen LogP contribution >= 0.6 is 0 Å². The maximum atomic E-state index is 12.5. The molecule has 0 spiro atoms. The molecular weight excluding hydrogens is 971 g/mol. The molecule has 1 amide bonds. The molecule has 0 rings (SSSR count). The summed E-state index contributed by atoms with van der Waals surface area (Å²) in [5.74, 6) is -0.0122. The maximum Gasteiger partial charge on any atom is 0.305 e. The van der Waals surface area contributed by atoms with Gasteiger partial charge in [-0.05, 0) is 51.4 Å². The van der Waals surface area contributed by atoms with Gasteiger partial charge in [0.2, 0.25) is 5.91 Å². The van der Waals surface area contributed by atoms with E-state index in [-0.39, 0.29) is 18.5 Å². The summed E-state index contributed by atoms with van der Waals surface area (Å²) in [6.07, 6.45) is 85.8. The number of aliphatic hydroxyl groups is 2. The van der Waals surface area contributed by atoms with Gasteiger partial charge in [-0.15, -0.1) is 0 Å². The number of carbonyl (C=O) groups is 2. The largest absolute Gasteiger partial charge is 0.466 e. The van der Waals surface area contributed by atoms with Crippen molar-refractivity contribution in [2.45, 2.75) is 431 Å². The van der Waals surface area contributed by atoms with Gasteiger partial charge in [0.1, 0.15) is 0 Å². The smallest absolute Gasteiger partial charge is 0.305 e. The van der Waals surface area contributed by atoms with Crippen LogP contribution in [0, 0.1) is 0 Å². The van der Waals surface area contributed by atoms with Crippen molar-refractivity contribution in [2.24, 2.45) is 0 Å². The number of unbranched alkanes of at least 4 members (excludes halogenated alkanes) is 56. The first-order chi connectivity index (χ1) is 39.0. The van der Waals surface area contributed by atoms with Crippen molar-refractivity contribution in [1.82, 2.24) is 5.32 Å². The number of rotatable bonds is 69. The Labute approximate surface area is 495 Å². The number of hydrogen-bond donors (Lipinski definition) is 3. The minimum Gasteiger partial charge on any atom is -0.466 e. The Morgan fingerprint density at radius 2 is 0.595 bits per heavy atom. The van der Waals surface area contributed by atoms with Crippen molar-refractivity contribution < 1.29 is 24.5 Å². The molecule has 2 unspecified atom stereocenters. The maximum absolute atomic E-state index is 12.5. The van der Waals surface area contributed by atoms with E-state index in [1.165, 1.54) is 340 Å². The molecule has 0 saturated carbocycles. The number of ether oxygens (including phenoxy) is 1. The van der Waals surface area contributed by atoms with E-state index in [1.807, 2.05) is 0 Å². The lowest BCUT2D eigenvalue weighted by Gasteiger charge is -2.22. The second-order valence-corrected chi connectivity index (χ2v) is 25.3. The number of esters is 1. The second-order valence-electron chi connectivity index (χ2n) is 25.3. The van der Waals surface area contributed by atoms with Crippen LogP contribution in [0.5, 0.6) is 0 Å². The van der Waals surface area contributed by atoms with Gasteiger partial charge in [0, 0.05) is 12.8 Å². The molecule has 0 aliphatic rings. The van der Waals surface area contributed by atoms with Gasteiger partial charge in [0.25, 0.3) is 0 Å². The van der Waals surface area contributed by atoms with E-state index in [1.54, 1.807) is 0 Å². The van der Waals surface area contributed by atoms with Gasteiger partial charge < -0.3 is 20.3 Å². The van der Waals surface area contributed by atoms with E-state index in [9.17, 15) is 19.8 Å². The summed E-state index contributed by atoms with van der Waals surface area (Å²) in [5, 5.41) is 23.2. The van der Waals surface area contributed by atoms with Crippen LogP contribution in [0.3, 0.4) is 0 Å². The topological polar surface area (TPSA) is 95.9 Å². The Kier molecular flexibility index (Phi) is 67.9. The van der Waals surface area contributed by atoms with Gasteiger partial charge in [0.15, 0.2) is 0 Å². The molecule has 6 heteroatoms. The summed E-state index contributed by atoms with van der Waals surface area (Å²) >= 11 is 0. The molecule has 0 aromatic heterocycles. The van der Waals surface area contributed by atoms with Crippen LogP contribution in [0.4, 0.5) is 0 Å². The minimum absolute atomic E-state index is 0.0160. The predicted molar refractivity (Wildman–Crippen MR) is 347 cm³/mol. The van der Waals surface area contributed by atoms with Crippen LogP contribution in [-0.4, -0.2) is 47.4 Å². The van der Waals surface area contributed by atoms with Crippen LogP contribution in [-0.2, 0) is 14.3 Å². The normalized spacial score (nSPS) is 12.5. The molecular formula is C73H143NO5. The molecule has 0 fully saturated rings. The fourth-order valence-electron chi connectivity index (χ4n) is 11.8. The van der Waals surface area contributed by atoms with Gasteiger partial charge >= 0.3 is 5.97 Å². The molecule has 0 heterocycles. The molecule has 3 N–H and O–H groups in total. The Morgan fingerprint density at radius 3 is 0.899 bits per heavy atom. The molecule has 6 nitrogen and oxygen atoms in total. The fraction of sp³-hybridized carbons (Fsp3) is 0.945. The average Bonchev–Trinajstić information content (AvgIpc) is 3.45. The van der Waals surface area contributed by atoms with Crippen molar-refractivity contribution in [2.75, 3.05) is 13.2 Å². The Hall–Kier alpha value is -1.40. The molecule has 0 aromatic rings. The quantitative estimate of drug-likeness (QED) is 0.0320. The van der Waals surface area contributed by atoms with Crippen LogP contribution in [0.25, 0.3) is 0 Å². The summed E-state index contributed by atoms with van der Waals surface area (Å²) in [7, 11) is 0. The highest BCUT2D eigenvalue weighted by molar-refractivity contribution is 5.76. The molecule has 2 atom stereocenters. The number of hydrogen-bond acceptors (Lipinski definition) is 5. The Balaban J connectivity index is 3.28. The molecule has 470 valence electrons. The highest BCUT2D eigenvalue weighted by Crippen LogP contribution is 2.20. The standard InChI is InChI=1S/C73H143NO5/c1-3-5-7-9-11-13-15-16-17-40-43-47-51-55-59-63-67-73(78)79-68-64-60-56-52-48-44-41-38-36-34-32-30-28-26-24-22-20-18-19-21-23-25-27-29-31-33-35-37-39-42-46-50-54-58-62-66-72(77)74-70(69-75)71(76)65-61-57-53-49-45-14-12-10-8-6-4-2/h17,40,70-71,75-76H,3-16,18-39,41-69H2,1-2H3,(H,74,77)/b40-17-. The second kappa shape index (κ2) is 69.1. The average molecular weight is 1110 g/mol. The van der Waals surface area contributed by atoms with E-state index >= 15 is 0 Å². The zero-order valence-corrected chi connectivity index (χ0v) is 53.9. The van der Waals surface area contributed by atoms with E-state index in [4.69, 9.17) is 4.74 Å². The number of allylic oxidation sites excluding steroid dienone is 2. The minimum atomic E-state index is -0.658. The van der Waals surface area contributed by atoms with E-state index in [0.29, 0.717) is 25.9 Å². The Bertz CT molecular complexity index is 1190. The van der Waals surface area contributed by atoms with Crippen molar-refractivity contribution in [1.29, 1.82) is 0 Å². The number of carbonyl (C=O) groups excluding carboxylic acids is 2. The van der Waals surface area contributed by atoms with Crippen LogP contribution in [0.15, 0.2) is 12.2 Å². The third kappa shape index (κ3) is 65.6. The van der Waals surface area contributed by atoms with Gasteiger partial charge in [-0.2, -0.15) is 0 Å². The van der Waals surface area contributed by atoms with Gasteiger partial charge in [-0.25, -0.2) is 0 Å². The van der Waals surface area contributed by atoms with Crippen molar-refractivity contribution in [3.05, 3.63) is 12.2 Å². The molecule has 0 radical (unpaired) electrons. The molecule has 0 saturated heterocycles. The summed E-state index contributed by atoms with van der Waals surface area (Å²) in [4.78, 5) is 24.6. The molecule has 0 aromatic carbocycles. The van der Waals surface area contributed by atoms with Crippen molar-refractivity contribution in [3.63, 3.8) is 0 Å². The summed E-state index contributed by atoms with van der Waals surface area (Å²) in [5.41, 5.74) is 0. The van der Waals surface area contributed by atoms with Crippen LogP contribution in [0.1, 0.15) is 418 Å². The molecule has 0 bridgehead atoms. The summed E-state index contributed by atoms with van der Waals surface area (Å²) in [6.45, 7) is 4.98. The lowest BCUT2D eigenvalue weighted by Crippen LogP contribution is -2.45. The lowest BCUT2D eigenvalue weighted by molar-refractivity contribution is -0.143. The SMILES string of the molecule is CCCCCCCCC/C=C\CCCCCCCC(=O)OCCCCCCCCCCCCCCCCCCCCCCCCCCCCCCCCCCCCCC(=O)NC(CO)C(O)CCCCCCCCCCCCC. The van der Waals surface area contributed by atoms with Crippen molar-refractivity contribution >= 4 is 11.9 Å². The molecule has 0 aliphatic heterocycles. The fourth-order valence-corrected chi connectivity index (χ4v) is 11.8. The Morgan fingerprint density at radius 1 is 0.342 bits per heavy atom. The van der Waals surface area contributed by atoms with Gasteiger partial charge in [-0.1, -0.05) is 366 Å². The highest BCUT2D eigenvalue weighted by atomic mass is 16.5. The number of nitrogens with one attached hydrogen (secondary N) is 1. The van der Waals surface area contributed by atoms with E-state index in [0.717, 1.165) is 44.9 Å². The van der Waals surface area contributed by atoms with Gasteiger partial charge in [0.05, 0.1) is 25.4 Å². The molecule has 79 heavy (non-hydrogen) atoms. The third-order valence-corrected chi connectivity index (χ3v) is 17.3.